The van der Waals surface area contributed by atoms with E-state index < -0.39 is 12.0 Å². The van der Waals surface area contributed by atoms with Crippen molar-refractivity contribution in [3.05, 3.63) is 0 Å². The molecule has 1 aliphatic carbocycles. The number of nitrogens with zero attached hydrogens (tertiary/aromatic N) is 1. The van der Waals surface area contributed by atoms with E-state index in [2.05, 4.69) is 24.5 Å². The van der Waals surface area contributed by atoms with E-state index in [1.54, 1.807) is 4.90 Å². The van der Waals surface area contributed by atoms with E-state index in [9.17, 15) is 14.7 Å². The van der Waals surface area contributed by atoms with Gasteiger partial charge < -0.3 is 15.7 Å². The van der Waals surface area contributed by atoms with Crippen molar-refractivity contribution in [1.82, 2.24) is 15.5 Å². The second kappa shape index (κ2) is 7.22. The second-order valence-electron chi connectivity index (χ2n) is 6.47. The van der Waals surface area contributed by atoms with Gasteiger partial charge in [0.05, 0.1) is 6.54 Å². The van der Waals surface area contributed by atoms with Gasteiger partial charge in [-0.05, 0) is 18.3 Å². The summed E-state index contributed by atoms with van der Waals surface area (Å²) in [5.74, 6) is 0.208. The first kappa shape index (κ1) is 16.2. The van der Waals surface area contributed by atoms with Crippen molar-refractivity contribution in [2.24, 2.45) is 11.8 Å². The number of carbonyl (C=O) groups excluding carboxylic acids is 1. The van der Waals surface area contributed by atoms with Gasteiger partial charge in [-0.1, -0.05) is 26.7 Å². The summed E-state index contributed by atoms with van der Waals surface area (Å²) < 4.78 is 0. The number of aliphatic carboxylic acids is 1. The van der Waals surface area contributed by atoms with Crippen molar-refractivity contribution in [3.63, 3.8) is 0 Å². The van der Waals surface area contributed by atoms with Crippen LogP contribution in [0.5, 0.6) is 0 Å². The zero-order valence-corrected chi connectivity index (χ0v) is 13.0. The van der Waals surface area contributed by atoms with Gasteiger partial charge in [0, 0.05) is 25.7 Å². The van der Waals surface area contributed by atoms with Gasteiger partial charge in [0.15, 0.2) is 0 Å². The number of carboxylic acid groups (broad SMARTS) is 1. The molecule has 0 bridgehead atoms. The van der Waals surface area contributed by atoms with E-state index in [1.165, 1.54) is 6.42 Å². The summed E-state index contributed by atoms with van der Waals surface area (Å²) in [6.07, 6.45) is 3.41. The molecule has 2 fully saturated rings. The molecule has 21 heavy (non-hydrogen) atoms. The molecule has 6 nitrogen and oxygen atoms in total. The highest BCUT2D eigenvalue weighted by molar-refractivity contribution is 5.80. The summed E-state index contributed by atoms with van der Waals surface area (Å²) in [5, 5.41) is 15.4. The number of rotatable bonds is 4. The average Bonchev–Trinajstić information content (AvgIpc) is 2.44. The monoisotopic (exact) mass is 297 g/mol. The molecule has 4 atom stereocenters. The maximum atomic E-state index is 12.2. The zero-order chi connectivity index (χ0) is 15.4. The molecule has 0 aromatic rings. The van der Waals surface area contributed by atoms with E-state index in [1.807, 2.05) is 0 Å². The highest BCUT2D eigenvalue weighted by Crippen LogP contribution is 2.29. The van der Waals surface area contributed by atoms with Crippen molar-refractivity contribution in [2.45, 2.75) is 45.2 Å². The van der Waals surface area contributed by atoms with E-state index in [0.29, 0.717) is 24.9 Å². The van der Waals surface area contributed by atoms with Gasteiger partial charge in [-0.2, -0.15) is 0 Å². The van der Waals surface area contributed by atoms with E-state index in [-0.39, 0.29) is 18.5 Å². The normalized spacial score (nSPS) is 34.4. The molecule has 1 saturated heterocycles. The molecular formula is C15H27N3O3. The SMILES string of the molecule is CC1CCCC(NC(=O)CN2CCNCC2C(=O)O)C1C. The predicted molar refractivity (Wildman–Crippen MR) is 80.0 cm³/mol. The quantitative estimate of drug-likeness (QED) is 0.695. The van der Waals surface area contributed by atoms with Crippen LogP contribution in [0.4, 0.5) is 0 Å². The number of piperazine rings is 1. The van der Waals surface area contributed by atoms with Crippen LogP contribution in [0.25, 0.3) is 0 Å². The summed E-state index contributed by atoms with van der Waals surface area (Å²) in [6.45, 7) is 6.34. The van der Waals surface area contributed by atoms with Crippen LogP contribution in [-0.4, -0.2) is 60.1 Å². The molecule has 120 valence electrons. The molecule has 3 N–H and O–H groups in total. The van der Waals surface area contributed by atoms with Gasteiger partial charge in [0.1, 0.15) is 6.04 Å². The van der Waals surface area contributed by atoms with Crippen molar-refractivity contribution in [2.75, 3.05) is 26.2 Å². The fourth-order valence-corrected chi connectivity index (χ4v) is 3.40. The lowest BCUT2D eigenvalue weighted by molar-refractivity contribution is -0.144. The van der Waals surface area contributed by atoms with Crippen LogP contribution >= 0.6 is 0 Å². The molecule has 2 aliphatic rings. The maximum Gasteiger partial charge on any atom is 0.322 e. The van der Waals surface area contributed by atoms with Crippen LogP contribution in [0.3, 0.4) is 0 Å². The Kier molecular flexibility index (Phi) is 5.58. The molecule has 0 aromatic carbocycles. The third-order valence-electron chi connectivity index (χ3n) is 5.04. The molecule has 0 aromatic heterocycles. The first-order valence-electron chi connectivity index (χ1n) is 7.96. The molecule has 1 heterocycles. The Morgan fingerprint density at radius 3 is 2.81 bits per heavy atom. The summed E-state index contributed by atoms with van der Waals surface area (Å²) in [6, 6.07) is -0.375. The van der Waals surface area contributed by atoms with Gasteiger partial charge in [0.25, 0.3) is 0 Å². The van der Waals surface area contributed by atoms with Gasteiger partial charge >= 0.3 is 5.97 Å². The molecular weight excluding hydrogens is 270 g/mol. The van der Waals surface area contributed by atoms with Crippen LogP contribution in [0.2, 0.25) is 0 Å². The lowest BCUT2D eigenvalue weighted by Crippen LogP contribution is -2.58. The largest absolute Gasteiger partial charge is 0.480 e. The van der Waals surface area contributed by atoms with Crippen molar-refractivity contribution < 1.29 is 14.7 Å². The maximum absolute atomic E-state index is 12.2. The number of carboxylic acids is 1. The Bertz CT molecular complexity index is 388. The van der Waals surface area contributed by atoms with Gasteiger partial charge in [0.2, 0.25) is 5.91 Å². The van der Waals surface area contributed by atoms with Gasteiger partial charge in [-0.3, -0.25) is 14.5 Å². The number of hydrogen-bond donors (Lipinski definition) is 3. The minimum atomic E-state index is -0.866. The zero-order valence-electron chi connectivity index (χ0n) is 13.0. The first-order valence-corrected chi connectivity index (χ1v) is 7.96. The Hall–Kier alpha value is -1.14. The summed E-state index contributed by atoms with van der Waals surface area (Å²) >= 11 is 0. The van der Waals surface area contributed by atoms with Gasteiger partial charge in [-0.15, -0.1) is 0 Å². The smallest absolute Gasteiger partial charge is 0.322 e. The third kappa shape index (κ3) is 4.17. The van der Waals surface area contributed by atoms with E-state index in [0.717, 1.165) is 19.4 Å². The molecule has 4 unspecified atom stereocenters. The fourth-order valence-electron chi connectivity index (χ4n) is 3.40. The minimum absolute atomic E-state index is 0.0471. The Labute approximate surface area is 126 Å². The Morgan fingerprint density at radius 2 is 2.10 bits per heavy atom. The van der Waals surface area contributed by atoms with Crippen molar-refractivity contribution in [1.29, 1.82) is 0 Å². The van der Waals surface area contributed by atoms with Crippen LogP contribution < -0.4 is 10.6 Å². The Balaban J connectivity index is 1.87. The second-order valence-corrected chi connectivity index (χ2v) is 6.47. The van der Waals surface area contributed by atoms with Crippen LogP contribution in [0.1, 0.15) is 33.1 Å². The lowest BCUT2D eigenvalue weighted by Gasteiger charge is -2.36. The van der Waals surface area contributed by atoms with Crippen LogP contribution in [-0.2, 0) is 9.59 Å². The standard InChI is InChI=1S/C15H27N3O3/c1-10-4-3-5-12(11(10)2)17-14(19)9-18-7-6-16-8-13(18)15(20)21/h10-13,16H,3-9H2,1-2H3,(H,17,19)(H,20,21). The summed E-state index contributed by atoms with van der Waals surface area (Å²) in [5.41, 5.74) is 0. The van der Waals surface area contributed by atoms with E-state index in [4.69, 9.17) is 0 Å². The molecule has 0 radical (unpaired) electrons. The van der Waals surface area contributed by atoms with E-state index >= 15 is 0 Å². The van der Waals surface area contributed by atoms with Crippen molar-refractivity contribution in [3.8, 4) is 0 Å². The minimum Gasteiger partial charge on any atom is -0.480 e. The molecule has 1 amide bonds. The highest BCUT2D eigenvalue weighted by Gasteiger charge is 2.32. The topological polar surface area (TPSA) is 81.7 Å². The van der Waals surface area contributed by atoms with Crippen molar-refractivity contribution >= 4 is 11.9 Å². The molecule has 1 saturated carbocycles. The fraction of sp³-hybridized carbons (Fsp3) is 0.867. The van der Waals surface area contributed by atoms with Crippen LogP contribution in [0, 0.1) is 11.8 Å². The molecule has 6 heteroatoms. The lowest BCUT2D eigenvalue weighted by atomic mass is 9.78. The van der Waals surface area contributed by atoms with Gasteiger partial charge in [-0.25, -0.2) is 0 Å². The first-order chi connectivity index (χ1) is 9.99. The summed E-state index contributed by atoms with van der Waals surface area (Å²) in [7, 11) is 0. The summed E-state index contributed by atoms with van der Waals surface area (Å²) in [4.78, 5) is 25.2. The average molecular weight is 297 g/mol. The molecule has 2 rings (SSSR count). The third-order valence-corrected chi connectivity index (χ3v) is 5.04. The molecule has 1 aliphatic heterocycles. The van der Waals surface area contributed by atoms with Crippen LogP contribution in [0.15, 0.2) is 0 Å². The Morgan fingerprint density at radius 1 is 1.33 bits per heavy atom. The molecule has 0 spiro atoms. The highest BCUT2D eigenvalue weighted by atomic mass is 16.4. The number of carbonyl (C=O) groups is 2. The number of nitrogens with one attached hydrogen (secondary N) is 2. The number of hydrogen-bond acceptors (Lipinski definition) is 4. The number of amides is 1. The predicted octanol–water partition coefficient (Wildman–Crippen LogP) is 0.286.